The van der Waals surface area contributed by atoms with Crippen LogP contribution in [0.3, 0.4) is 0 Å². The van der Waals surface area contributed by atoms with Gasteiger partial charge in [-0.15, -0.1) is 0 Å². The number of carbonyl (C=O) groups is 1. The first-order valence-corrected chi connectivity index (χ1v) is 11.4. The minimum absolute atomic E-state index is 0.0777. The topological polar surface area (TPSA) is 69.0 Å². The van der Waals surface area contributed by atoms with E-state index in [9.17, 15) is 9.18 Å². The first-order chi connectivity index (χ1) is 15.7. The van der Waals surface area contributed by atoms with E-state index in [1.807, 2.05) is 16.8 Å². The van der Waals surface area contributed by atoms with Crippen molar-refractivity contribution in [1.29, 1.82) is 0 Å². The highest BCUT2D eigenvalue weighted by Crippen LogP contribution is 2.48. The van der Waals surface area contributed by atoms with E-state index in [1.54, 1.807) is 18.3 Å². The van der Waals surface area contributed by atoms with Crippen LogP contribution in [0.1, 0.15) is 32.1 Å². The van der Waals surface area contributed by atoms with Gasteiger partial charge in [0.1, 0.15) is 17.3 Å². The number of pyridine rings is 1. The van der Waals surface area contributed by atoms with Crippen LogP contribution in [0.15, 0.2) is 42.6 Å². The third kappa shape index (κ3) is 3.36. The van der Waals surface area contributed by atoms with Crippen molar-refractivity contribution in [1.82, 2.24) is 14.8 Å². The molecular formula is C25H25FN4O2. The molecule has 0 radical (unpaired) electrons. The Morgan fingerprint density at radius 3 is 2.78 bits per heavy atom. The van der Waals surface area contributed by atoms with Crippen molar-refractivity contribution in [3.8, 4) is 28.3 Å². The molecule has 3 unspecified atom stereocenters. The molecule has 2 saturated carbocycles. The molecule has 1 aromatic carbocycles. The summed E-state index contributed by atoms with van der Waals surface area (Å²) in [6.07, 6.45) is 7.20. The summed E-state index contributed by atoms with van der Waals surface area (Å²) in [6.45, 7) is 1.39. The molecule has 2 bridgehead atoms. The van der Waals surface area contributed by atoms with Crippen LogP contribution in [0, 0.1) is 23.6 Å². The van der Waals surface area contributed by atoms with Crippen LogP contribution < -0.4 is 10.1 Å². The minimum atomic E-state index is -0.287. The fourth-order valence-electron chi connectivity index (χ4n) is 5.64. The molecule has 3 atom stereocenters. The Bertz CT molecular complexity index is 1170. The molecule has 164 valence electrons. The molecule has 6 rings (SSSR count). The molecule has 2 aromatic heterocycles. The number of aryl methyl sites for hydroxylation is 1. The van der Waals surface area contributed by atoms with Crippen molar-refractivity contribution in [2.24, 2.45) is 17.8 Å². The van der Waals surface area contributed by atoms with Gasteiger partial charge in [0.25, 0.3) is 0 Å². The average Bonchev–Trinajstić information content (AvgIpc) is 3.54. The molecule has 2 aliphatic carbocycles. The summed E-state index contributed by atoms with van der Waals surface area (Å²) in [7, 11) is 0. The Morgan fingerprint density at radius 1 is 1.12 bits per heavy atom. The lowest BCUT2D eigenvalue weighted by Gasteiger charge is -2.20. The quantitative estimate of drug-likeness (QED) is 0.636. The summed E-state index contributed by atoms with van der Waals surface area (Å²) in [6, 6.07) is 10.1. The highest BCUT2D eigenvalue weighted by molar-refractivity contribution is 5.93. The van der Waals surface area contributed by atoms with Crippen molar-refractivity contribution in [2.45, 2.75) is 38.6 Å². The fourth-order valence-corrected chi connectivity index (χ4v) is 5.64. The maximum absolute atomic E-state index is 13.5. The number of rotatable bonds is 4. The summed E-state index contributed by atoms with van der Waals surface area (Å²) in [4.78, 5) is 17.3. The van der Waals surface area contributed by atoms with Gasteiger partial charge >= 0.3 is 0 Å². The van der Waals surface area contributed by atoms with Gasteiger partial charge in [-0.3, -0.25) is 4.79 Å². The largest absolute Gasteiger partial charge is 0.477 e. The second kappa shape index (κ2) is 7.73. The summed E-state index contributed by atoms with van der Waals surface area (Å²) in [5, 5.41) is 7.82. The molecule has 0 saturated heterocycles. The van der Waals surface area contributed by atoms with E-state index in [2.05, 4.69) is 10.3 Å². The Balaban J connectivity index is 1.35. The van der Waals surface area contributed by atoms with Gasteiger partial charge in [0, 0.05) is 30.6 Å². The van der Waals surface area contributed by atoms with Gasteiger partial charge in [0.05, 0.1) is 12.2 Å². The van der Waals surface area contributed by atoms with Gasteiger partial charge < -0.3 is 10.1 Å². The maximum atomic E-state index is 13.5. The number of hydrogen-bond acceptors (Lipinski definition) is 4. The Labute approximate surface area is 185 Å². The van der Waals surface area contributed by atoms with Crippen LogP contribution in [0.25, 0.3) is 22.4 Å². The van der Waals surface area contributed by atoms with Gasteiger partial charge in [0.15, 0.2) is 0 Å². The van der Waals surface area contributed by atoms with E-state index in [-0.39, 0.29) is 17.6 Å². The highest BCUT2D eigenvalue weighted by atomic mass is 19.1. The lowest BCUT2D eigenvalue weighted by atomic mass is 9.88. The lowest BCUT2D eigenvalue weighted by Crippen LogP contribution is -2.27. The van der Waals surface area contributed by atoms with Crippen LogP contribution in [0.4, 0.5) is 10.2 Å². The van der Waals surface area contributed by atoms with Crippen molar-refractivity contribution in [3.63, 3.8) is 0 Å². The Hall–Kier alpha value is -3.22. The number of aromatic nitrogens is 3. The van der Waals surface area contributed by atoms with Gasteiger partial charge in [-0.05, 0) is 73.1 Å². The van der Waals surface area contributed by atoms with E-state index >= 15 is 0 Å². The first kappa shape index (κ1) is 19.5. The second-order valence-corrected chi connectivity index (χ2v) is 9.16. The number of anilines is 1. The molecule has 0 spiro atoms. The number of fused-ring (bicyclic) bond motifs is 3. The SMILES string of the molecule is O=C(Nc1cc(-c2c(-c3ccc(F)cc3)nn3c2OCCC3)ccn1)C1CC2CCC1C2. The highest BCUT2D eigenvalue weighted by Gasteiger charge is 2.43. The number of ether oxygens (including phenoxy) is 1. The van der Waals surface area contributed by atoms with E-state index in [0.717, 1.165) is 48.2 Å². The van der Waals surface area contributed by atoms with E-state index in [0.29, 0.717) is 30.1 Å². The predicted octanol–water partition coefficient (Wildman–Crippen LogP) is 4.91. The summed E-state index contributed by atoms with van der Waals surface area (Å²) < 4.78 is 21.4. The van der Waals surface area contributed by atoms with Crippen LogP contribution in [-0.2, 0) is 11.3 Å². The normalized spacial score (nSPS) is 23.6. The summed E-state index contributed by atoms with van der Waals surface area (Å²) in [5.74, 6) is 2.36. The molecule has 6 nitrogen and oxygen atoms in total. The van der Waals surface area contributed by atoms with Crippen LogP contribution >= 0.6 is 0 Å². The van der Waals surface area contributed by atoms with Crippen LogP contribution in [-0.4, -0.2) is 27.3 Å². The van der Waals surface area contributed by atoms with E-state index in [1.165, 1.54) is 25.0 Å². The lowest BCUT2D eigenvalue weighted by molar-refractivity contribution is -0.121. The Morgan fingerprint density at radius 2 is 2.00 bits per heavy atom. The molecule has 1 aliphatic heterocycles. The number of hydrogen-bond donors (Lipinski definition) is 1. The maximum Gasteiger partial charge on any atom is 0.228 e. The monoisotopic (exact) mass is 432 g/mol. The standard InChI is InChI=1S/C25H25FN4O2/c26-19-6-4-16(5-7-19)23-22(25-30(29-23)10-1-11-32-25)18-8-9-27-21(14-18)28-24(31)20-13-15-2-3-17(20)12-15/h4-9,14-15,17,20H,1-3,10-13H2,(H,27,28,31). The molecule has 1 N–H and O–H groups in total. The number of amides is 1. The second-order valence-electron chi connectivity index (χ2n) is 9.16. The number of nitrogens with zero attached hydrogens (tertiary/aromatic N) is 3. The molecule has 3 aromatic rings. The average molecular weight is 432 g/mol. The van der Waals surface area contributed by atoms with Gasteiger partial charge in [-0.25, -0.2) is 14.1 Å². The zero-order valence-corrected chi connectivity index (χ0v) is 17.8. The molecule has 32 heavy (non-hydrogen) atoms. The van der Waals surface area contributed by atoms with Crippen molar-refractivity contribution in [2.75, 3.05) is 11.9 Å². The van der Waals surface area contributed by atoms with E-state index < -0.39 is 0 Å². The fraction of sp³-hybridized carbons (Fsp3) is 0.400. The number of benzene rings is 1. The van der Waals surface area contributed by atoms with Gasteiger partial charge in [-0.1, -0.05) is 6.42 Å². The summed E-state index contributed by atoms with van der Waals surface area (Å²) in [5.41, 5.74) is 3.26. The number of carbonyl (C=O) groups excluding carboxylic acids is 1. The molecule has 3 heterocycles. The third-order valence-corrected chi connectivity index (χ3v) is 7.15. The summed E-state index contributed by atoms with van der Waals surface area (Å²) >= 11 is 0. The van der Waals surface area contributed by atoms with Crippen molar-refractivity contribution >= 4 is 11.7 Å². The zero-order valence-electron chi connectivity index (χ0n) is 17.8. The molecule has 1 amide bonds. The smallest absolute Gasteiger partial charge is 0.228 e. The van der Waals surface area contributed by atoms with Crippen molar-refractivity contribution in [3.05, 3.63) is 48.4 Å². The van der Waals surface area contributed by atoms with Gasteiger partial charge in [0.2, 0.25) is 11.8 Å². The first-order valence-electron chi connectivity index (χ1n) is 11.4. The zero-order chi connectivity index (χ0) is 21.7. The molecule has 2 fully saturated rings. The predicted molar refractivity (Wildman–Crippen MR) is 119 cm³/mol. The molecule has 3 aliphatic rings. The van der Waals surface area contributed by atoms with Crippen LogP contribution in [0.5, 0.6) is 5.88 Å². The minimum Gasteiger partial charge on any atom is -0.477 e. The van der Waals surface area contributed by atoms with Crippen molar-refractivity contribution < 1.29 is 13.9 Å². The number of halogens is 1. The number of nitrogens with one attached hydrogen (secondary N) is 1. The third-order valence-electron chi connectivity index (χ3n) is 7.15. The molecule has 7 heteroatoms. The van der Waals surface area contributed by atoms with Gasteiger partial charge in [-0.2, -0.15) is 5.10 Å². The molecular weight excluding hydrogens is 407 g/mol. The van der Waals surface area contributed by atoms with Crippen LogP contribution in [0.2, 0.25) is 0 Å². The van der Waals surface area contributed by atoms with E-state index in [4.69, 9.17) is 9.84 Å². The Kier molecular flexibility index (Phi) is 4.70.